The molecule has 0 bridgehead atoms. The first-order valence-electron chi connectivity index (χ1n) is 4.55. The zero-order chi connectivity index (χ0) is 8.93. The van der Waals surface area contributed by atoms with E-state index in [4.69, 9.17) is 5.73 Å². The van der Waals surface area contributed by atoms with Gasteiger partial charge in [-0.05, 0) is 17.3 Å². The first kappa shape index (κ1) is 8.05. The molecule has 2 fully saturated rings. The summed E-state index contributed by atoms with van der Waals surface area (Å²) in [4.78, 5) is 13.1. The zero-order valence-electron chi connectivity index (χ0n) is 7.71. The van der Waals surface area contributed by atoms with E-state index in [1.54, 1.807) is 0 Å². The summed E-state index contributed by atoms with van der Waals surface area (Å²) in [6, 6.07) is 0. The van der Waals surface area contributed by atoms with Crippen molar-refractivity contribution in [1.29, 1.82) is 0 Å². The minimum atomic E-state index is 0.109. The van der Waals surface area contributed by atoms with Crippen LogP contribution in [0.3, 0.4) is 0 Å². The number of fused-ring (bicyclic) bond motifs is 1. The molecule has 1 aliphatic carbocycles. The predicted molar refractivity (Wildman–Crippen MR) is 46.4 cm³/mol. The molecular formula is C9H16N2O. The molecule has 68 valence electrons. The van der Waals surface area contributed by atoms with Gasteiger partial charge in [-0.25, -0.2) is 0 Å². The van der Waals surface area contributed by atoms with E-state index in [-0.39, 0.29) is 12.5 Å². The predicted octanol–water partition coefficient (Wildman–Crippen LogP) is 0.0595. The van der Waals surface area contributed by atoms with Gasteiger partial charge in [0.2, 0.25) is 5.91 Å². The lowest BCUT2D eigenvalue weighted by molar-refractivity contribution is -0.129. The van der Waals surface area contributed by atoms with Gasteiger partial charge < -0.3 is 10.6 Å². The monoisotopic (exact) mass is 168 g/mol. The SMILES string of the molecule is CC1(C)C2CN(C(=O)CN)CC21. The van der Waals surface area contributed by atoms with Crippen LogP contribution < -0.4 is 5.73 Å². The van der Waals surface area contributed by atoms with E-state index < -0.39 is 0 Å². The van der Waals surface area contributed by atoms with Gasteiger partial charge in [-0.1, -0.05) is 13.8 Å². The quantitative estimate of drug-likeness (QED) is 0.602. The van der Waals surface area contributed by atoms with Crippen LogP contribution in [0.5, 0.6) is 0 Å². The fraction of sp³-hybridized carbons (Fsp3) is 0.889. The van der Waals surface area contributed by atoms with Crippen LogP contribution >= 0.6 is 0 Å². The Morgan fingerprint density at radius 3 is 2.42 bits per heavy atom. The van der Waals surface area contributed by atoms with Crippen molar-refractivity contribution in [2.45, 2.75) is 13.8 Å². The number of hydrogen-bond donors (Lipinski definition) is 1. The normalized spacial score (nSPS) is 36.4. The number of carbonyl (C=O) groups excluding carboxylic acids is 1. The molecule has 1 saturated carbocycles. The maximum Gasteiger partial charge on any atom is 0.236 e. The van der Waals surface area contributed by atoms with Gasteiger partial charge in [0.15, 0.2) is 0 Å². The van der Waals surface area contributed by atoms with Gasteiger partial charge in [0.05, 0.1) is 6.54 Å². The van der Waals surface area contributed by atoms with Gasteiger partial charge in [-0.15, -0.1) is 0 Å². The third-order valence-corrected chi connectivity index (χ3v) is 3.65. The van der Waals surface area contributed by atoms with Gasteiger partial charge in [0, 0.05) is 13.1 Å². The van der Waals surface area contributed by atoms with Gasteiger partial charge in [-0.2, -0.15) is 0 Å². The Morgan fingerprint density at radius 1 is 1.50 bits per heavy atom. The van der Waals surface area contributed by atoms with E-state index in [0.717, 1.165) is 24.9 Å². The Bertz CT molecular complexity index is 211. The van der Waals surface area contributed by atoms with Gasteiger partial charge >= 0.3 is 0 Å². The Balaban J connectivity index is 1.94. The fourth-order valence-corrected chi connectivity index (χ4v) is 2.46. The minimum absolute atomic E-state index is 0.109. The molecule has 3 nitrogen and oxygen atoms in total. The summed E-state index contributed by atoms with van der Waals surface area (Å²) < 4.78 is 0. The Hall–Kier alpha value is -0.570. The van der Waals surface area contributed by atoms with Gasteiger partial charge in [0.1, 0.15) is 0 Å². The average molecular weight is 168 g/mol. The molecule has 0 radical (unpaired) electrons. The van der Waals surface area contributed by atoms with E-state index >= 15 is 0 Å². The molecule has 2 aliphatic rings. The van der Waals surface area contributed by atoms with E-state index in [1.165, 1.54) is 0 Å². The van der Waals surface area contributed by atoms with Crippen LogP contribution in [0.15, 0.2) is 0 Å². The largest absolute Gasteiger partial charge is 0.341 e. The second-order valence-electron chi connectivity index (χ2n) is 4.54. The topological polar surface area (TPSA) is 46.3 Å². The molecule has 1 heterocycles. The van der Waals surface area contributed by atoms with Crippen molar-refractivity contribution in [3.8, 4) is 0 Å². The lowest BCUT2D eigenvalue weighted by atomic mass is 10.1. The molecule has 12 heavy (non-hydrogen) atoms. The first-order valence-corrected chi connectivity index (χ1v) is 4.55. The molecule has 2 unspecified atom stereocenters. The smallest absolute Gasteiger partial charge is 0.236 e. The van der Waals surface area contributed by atoms with Gasteiger partial charge in [-0.3, -0.25) is 4.79 Å². The number of nitrogens with two attached hydrogens (primary N) is 1. The highest BCUT2D eigenvalue weighted by atomic mass is 16.2. The third kappa shape index (κ3) is 0.891. The van der Waals surface area contributed by atoms with Crippen LogP contribution in [0, 0.1) is 17.3 Å². The lowest BCUT2D eigenvalue weighted by Crippen LogP contribution is -2.37. The number of hydrogen-bond acceptors (Lipinski definition) is 2. The molecular weight excluding hydrogens is 152 g/mol. The first-order chi connectivity index (χ1) is 5.57. The molecule has 0 aromatic carbocycles. The lowest BCUT2D eigenvalue weighted by Gasteiger charge is -2.21. The Labute approximate surface area is 72.9 Å². The van der Waals surface area contributed by atoms with Crippen molar-refractivity contribution in [1.82, 2.24) is 4.90 Å². The molecule has 2 atom stereocenters. The minimum Gasteiger partial charge on any atom is -0.341 e. The van der Waals surface area contributed by atoms with Crippen LogP contribution in [0.25, 0.3) is 0 Å². The molecule has 0 aromatic rings. The highest BCUT2D eigenvalue weighted by Gasteiger charge is 2.62. The summed E-state index contributed by atoms with van der Waals surface area (Å²) in [5.74, 6) is 1.60. The molecule has 0 spiro atoms. The van der Waals surface area contributed by atoms with E-state index in [0.29, 0.717) is 5.41 Å². The Morgan fingerprint density at radius 2 is 2.00 bits per heavy atom. The number of likely N-dealkylation sites (tertiary alicyclic amines) is 1. The van der Waals surface area contributed by atoms with Gasteiger partial charge in [0.25, 0.3) is 0 Å². The molecule has 1 aliphatic heterocycles. The van der Waals surface area contributed by atoms with E-state index in [2.05, 4.69) is 13.8 Å². The highest BCUT2D eigenvalue weighted by molar-refractivity contribution is 5.78. The maximum atomic E-state index is 11.2. The summed E-state index contributed by atoms with van der Waals surface area (Å²) in [6.45, 7) is 6.61. The summed E-state index contributed by atoms with van der Waals surface area (Å²) in [5.41, 5.74) is 5.78. The number of piperidine rings is 1. The van der Waals surface area contributed by atoms with Crippen molar-refractivity contribution in [2.24, 2.45) is 23.0 Å². The average Bonchev–Trinajstić information content (AvgIpc) is 2.52. The van der Waals surface area contributed by atoms with Crippen molar-refractivity contribution < 1.29 is 4.79 Å². The molecule has 0 aromatic heterocycles. The van der Waals surface area contributed by atoms with Crippen LogP contribution in [0.2, 0.25) is 0 Å². The Kier molecular flexibility index (Phi) is 1.49. The number of rotatable bonds is 1. The van der Waals surface area contributed by atoms with Crippen LogP contribution in [0.1, 0.15) is 13.8 Å². The highest BCUT2D eigenvalue weighted by Crippen LogP contribution is 2.61. The number of amides is 1. The molecule has 1 amide bonds. The van der Waals surface area contributed by atoms with Crippen molar-refractivity contribution in [2.75, 3.05) is 19.6 Å². The summed E-state index contributed by atoms with van der Waals surface area (Å²) in [7, 11) is 0. The molecule has 2 rings (SSSR count). The van der Waals surface area contributed by atoms with Crippen molar-refractivity contribution in [3.05, 3.63) is 0 Å². The molecule has 2 N–H and O–H groups in total. The number of nitrogens with zero attached hydrogens (tertiary/aromatic N) is 1. The maximum absolute atomic E-state index is 11.2. The standard InChI is InChI=1S/C9H16N2O/c1-9(2)6-4-11(5-7(6)9)8(12)3-10/h6-7H,3-5,10H2,1-2H3. The summed E-state index contributed by atoms with van der Waals surface area (Å²) >= 11 is 0. The van der Waals surface area contributed by atoms with Crippen LogP contribution in [-0.4, -0.2) is 30.4 Å². The van der Waals surface area contributed by atoms with E-state index in [1.807, 2.05) is 4.90 Å². The third-order valence-electron chi connectivity index (χ3n) is 3.65. The molecule has 3 heteroatoms. The second kappa shape index (κ2) is 2.22. The number of carbonyl (C=O) groups is 1. The van der Waals surface area contributed by atoms with Crippen LogP contribution in [-0.2, 0) is 4.79 Å². The fourth-order valence-electron chi connectivity index (χ4n) is 2.46. The van der Waals surface area contributed by atoms with E-state index in [9.17, 15) is 4.79 Å². The van der Waals surface area contributed by atoms with Crippen LogP contribution in [0.4, 0.5) is 0 Å². The van der Waals surface area contributed by atoms with Crippen molar-refractivity contribution in [3.63, 3.8) is 0 Å². The molecule has 1 saturated heterocycles. The summed E-state index contributed by atoms with van der Waals surface area (Å²) in [5, 5.41) is 0. The van der Waals surface area contributed by atoms with Crippen molar-refractivity contribution >= 4 is 5.91 Å². The second-order valence-corrected chi connectivity index (χ2v) is 4.54. The summed E-state index contributed by atoms with van der Waals surface area (Å²) in [6.07, 6.45) is 0. The zero-order valence-corrected chi connectivity index (χ0v) is 7.71.